The fourth-order valence-corrected chi connectivity index (χ4v) is 4.99. The van der Waals surface area contributed by atoms with Crippen LogP contribution in [0.3, 0.4) is 0 Å². The van der Waals surface area contributed by atoms with Gasteiger partial charge in [-0.3, -0.25) is 14.5 Å². The number of aromatic nitrogens is 1. The molecule has 8 nitrogen and oxygen atoms in total. The van der Waals surface area contributed by atoms with Crippen LogP contribution in [0.5, 0.6) is 5.75 Å². The van der Waals surface area contributed by atoms with Crippen molar-refractivity contribution in [3.05, 3.63) is 81.9 Å². The van der Waals surface area contributed by atoms with Crippen LogP contribution in [0, 0.1) is 0 Å². The molecular weight excluding hydrogens is 456 g/mol. The van der Waals surface area contributed by atoms with Crippen LogP contribution in [-0.4, -0.2) is 41.0 Å². The number of nitrogens with zero attached hydrogens (tertiary/aromatic N) is 2. The molecule has 2 aliphatic heterocycles. The van der Waals surface area contributed by atoms with Gasteiger partial charge in [-0.25, -0.2) is 9.78 Å². The molecular formula is C25H20N2O6S. The minimum Gasteiger partial charge on any atom is -0.507 e. The number of methoxy groups -OCH3 is 1. The van der Waals surface area contributed by atoms with Crippen molar-refractivity contribution in [2.45, 2.75) is 25.5 Å². The van der Waals surface area contributed by atoms with Gasteiger partial charge >= 0.3 is 11.9 Å². The maximum absolute atomic E-state index is 13.2. The number of esters is 1. The Bertz CT molecular complexity index is 1330. The Morgan fingerprint density at radius 1 is 1.18 bits per heavy atom. The van der Waals surface area contributed by atoms with E-state index in [0.29, 0.717) is 28.2 Å². The SMILES string of the molecule is COC(=O)c1ccc([C@@H]2/C(=C(\O)c3ccc4c(c3)C[C@H](C)O4)C(=O)C(=O)N2c2nccs2)cc1. The number of carbonyl (C=O) groups excluding carboxylic acids is 3. The second-order valence-corrected chi connectivity index (χ2v) is 8.93. The average Bonchev–Trinajstić information content (AvgIpc) is 3.56. The zero-order valence-corrected chi connectivity index (χ0v) is 19.2. The Kier molecular flexibility index (Phi) is 5.41. The first-order valence-electron chi connectivity index (χ1n) is 10.6. The fourth-order valence-electron chi connectivity index (χ4n) is 4.32. The number of thiazole rings is 1. The van der Waals surface area contributed by atoms with Crippen molar-refractivity contribution in [3.8, 4) is 5.75 Å². The van der Waals surface area contributed by atoms with Crippen LogP contribution in [0.25, 0.3) is 5.76 Å². The van der Waals surface area contributed by atoms with Crippen molar-refractivity contribution < 1.29 is 29.0 Å². The molecule has 2 aliphatic rings. The lowest BCUT2D eigenvalue weighted by Gasteiger charge is -2.23. The first-order chi connectivity index (χ1) is 16.4. The third-order valence-electron chi connectivity index (χ3n) is 5.89. The van der Waals surface area contributed by atoms with Crippen molar-refractivity contribution in [2.75, 3.05) is 12.0 Å². The van der Waals surface area contributed by atoms with E-state index in [1.54, 1.807) is 54.0 Å². The number of hydrogen-bond acceptors (Lipinski definition) is 8. The molecule has 2 atom stereocenters. The number of hydrogen-bond donors (Lipinski definition) is 1. The molecule has 1 fully saturated rings. The quantitative estimate of drug-likeness (QED) is 0.264. The Balaban J connectivity index is 1.65. The smallest absolute Gasteiger partial charge is 0.337 e. The Labute approximate surface area is 199 Å². The standard InChI is InChI=1S/C25H20N2O6S/c1-13-11-17-12-16(7-8-18(17)33-13)21(28)19-20(14-3-5-15(6-4-14)24(31)32-2)27(23(30)22(19)29)25-26-9-10-34-25/h3-10,12-13,20,28H,11H2,1-2H3/b21-19+/t13-,20+/m0/s1. The molecule has 1 aromatic heterocycles. The summed E-state index contributed by atoms with van der Waals surface area (Å²) in [6.45, 7) is 1.96. The number of rotatable bonds is 4. The number of amides is 1. The number of fused-ring (bicyclic) bond motifs is 1. The van der Waals surface area contributed by atoms with E-state index in [4.69, 9.17) is 9.47 Å². The third-order valence-corrected chi connectivity index (χ3v) is 6.66. The van der Waals surface area contributed by atoms with Crippen LogP contribution < -0.4 is 9.64 Å². The number of aliphatic hydroxyl groups is 1. The number of benzene rings is 2. The molecule has 0 spiro atoms. The highest BCUT2D eigenvalue weighted by molar-refractivity contribution is 7.14. The fraction of sp³-hybridized carbons (Fsp3) is 0.200. The van der Waals surface area contributed by atoms with Crippen LogP contribution in [-0.2, 0) is 20.7 Å². The molecule has 1 saturated heterocycles. The minimum atomic E-state index is -0.915. The summed E-state index contributed by atoms with van der Waals surface area (Å²) in [5.74, 6) is -1.63. The van der Waals surface area contributed by atoms with Gasteiger partial charge in [-0.15, -0.1) is 11.3 Å². The monoisotopic (exact) mass is 476 g/mol. The van der Waals surface area contributed by atoms with Crippen molar-refractivity contribution >= 4 is 39.9 Å². The molecule has 5 rings (SSSR count). The zero-order chi connectivity index (χ0) is 24.0. The van der Waals surface area contributed by atoms with E-state index in [1.165, 1.54) is 23.3 Å². The van der Waals surface area contributed by atoms with Gasteiger partial charge in [-0.2, -0.15) is 0 Å². The van der Waals surface area contributed by atoms with Crippen LogP contribution >= 0.6 is 11.3 Å². The van der Waals surface area contributed by atoms with E-state index >= 15 is 0 Å². The molecule has 0 unspecified atom stereocenters. The number of carbonyl (C=O) groups is 3. The van der Waals surface area contributed by atoms with Crippen LogP contribution in [0.2, 0.25) is 0 Å². The van der Waals surface area contributed by atoms with Crippen molar-refractivity contribution in [1.29, 1.82) is 0 Å². The minimum absolute atomic E-state index is 0.0243. The Morgan fingerprint density at radius 2 is 1.91 bits per heavy atom. The summed E-state index contributed by atoms with van der Waals surface area (Å²) in [4.78, 5) is 43.6. The normalized spacial score (nSPS) is 20.8. The van der Waals surface area contributed by atoms with Gasteiger partial charge < -0.3 is 14.6 Å². The van der Waals surface area contributed by atoms with E-state index < -0.39 is 23.7 Å². The third kappa shape index (κ3) is 3.54. The number of Topliss-reactive ketones (excluding diaryl/α,β-unsaturated/α-hetero) is 1. The molecule has 1 amide bonds. The van der Waals surface area contributed by atoms with Gasteiger partial charge in [0.25, 0.3) is 5.78 Å². The summed E-state index contributed by atoms with van der Waals surface area (Å²) < 4.78 is 10.5. The highest BCUT2D eigenvalue weighted by Crippen LogP contribution is 2.43. The molecule has 34 heavy (non-hydrogen) atoms. The lowest BCUT2D eigenvalue weighted by atomic mass is 9.94. The van der Waals surface area contributed by atoms with E-state index in [-0.39, 0.29) is 17.4 Å². The lowest BCUT2D eigenvalue weighted by Crippen LogP contribution is -2.29. The van der Waals surface area contributed by atoms with Gasteiger partial charge in [-0.05, 0) is 48.4 Å². The molecule has 9 heteroatoms. The van der Waals surface area contributed by atoms with Crippen molar-refractivity contribution in [3.63, 3.8) is 0 Å². The summed E-state index contributed by atoms with van der Waals surface area (Å²) in [5.41, 5.74) is 2.17. The van der Waals surface area contributed by atoms with Gasteiger partial charge in [0, 0.05) is 23.6 Å². The average molecular weight is 477 g/mol. The molecule has 2 aromatic carbocycles. The van der Waals surface area contributed by atoms with E-state index in [9.17, 15) is 19.5 Å². The number of aliphatic hydroxyl groups excluding tert-OH is 1. The topological polar surface area (TPSA) is 106 Å². The second kappa shape index (κ2) is 8.42. The van der Waals surface area contributed by atoms with E-state index in [1.807, 2.05) is 6.92 Å². The molecule has 3 aromatic rings. The summed E-state index contributed by atoms with van der Waals surface area (Å²) in [7, 11) is 1.29. The number of ether oxygens (including phenoxy) is 2. The molecule has 0 aliphatic carbocycles. The molecule has 0 radical (unpaired) electrons. The van der Waals surface area contributed by atoms with Gasteiger partial charge in [0.2, 0.25) is 0 Å². The van der Waals surface area contributed by atoms with Gasteiger partial charge in [-0.1, -0.05) is 12.1 Å². The zero-order valence-electron chi connectivity index (χ0n) is 18.3. The first-order valence-corrected chi connectivity index (χ1v) is 11.5. The number of ketones is 1. The van der Waals surface area contributed by atoms with Gasteiger partial charge in [0.15, 0.2) is 5.13 Å². The molecule has 0 saturated carbocycles. The highest BCUT2D eigenvalue weighted by atomic mass is 32.1. The van der Waals surface area contributed by atoms with Crippen LogP contribution in [0.15, 0.2) is 59.6 Å². The number of anilines is 1. The molecule has 3 heterocycles. The Hall–Kier alpha value is -3.98. The maximum Gasteiger partial charge on any atom is 0.337 e. The van der Waals surface area contributed by atoms with E-state index in [0.717, 1.165) is 11.3 Å². The Morgan fingerprint density at radius 3 is 2.59 bits per heavy atom. The maximum atomic E-state index is 13.2. The highest BCUT2D eigenvalue weighted by Gasteiger charge is 2.48. The van der Waals surface area contributed by atoms with Crippen LogP contribution in [0.1, 0.15) is 40.0 Å². The summed E-state index contributed by atoms with van der Waals surface area (Å²) >= 11 is 1.21. The molecule has 172 valence electrons. The predicted molar refractivity (Wildman–Crippen MR) is 125 cm³/mol. The predicted octanol–water partition coefficient (Wildman–Crippen LogP) is 3.88. The molecule has 0 bridgehead atoms. The summed E-state index contributed by atoms with van der Waals surface area (Å²) in [6, 6.07) is 10.7. The van der Waals surface area contributed by atoms with Gasteiger partial charge in [0.1, 0.15) is 17.6 Å². The largest absolute Gasteiger partial charge is 0.507 e. The van der Waals surface area contributed by atoms with Gasteiger partial charge in [0.05, 0.1) is 24.3 Å². The summed E-state index contributed by atoms with van der Waals surface area (Å²) in [5, 5.41) is 13.3. The lowest BCUT2D eigenvalue weighted by molar-refractivity contribution is -0.132. The first kappa shape index (κ1) is 21.8. The van der Waals surface area contributed by atoms with Crippen molar-refractivity contribution in [2.24, 2.45) is 0 Å². The van der Waals surface area contributed by atoms with E-state index in [2.05, 4.69) is 4.98 Å². The summed E-state index contributed by atoms with van der Waals surface area (Å²) in [6.07, 6.45) is 2.25. The van der Waals surface area contributed by atoms with Crippen LogP contribution in [0.4, 0.5) is 5.13 Å². The van der Waals surface area contributed by atoms with Crippen molar-refractivity contribution in [1.82, 2.24) is 4.98 Å². The second-order valence-electron chi connectivity index (χ2n) is 8.05. The molecule has 1 N–H and O–H groups in total.